The number of phenolic OH excluding ortho intramolecular Hbond substituents is 1. The number of amides is 3. The Balaban J connectivity index is 0.00000128. The zero-order valence-corrected chi connectivity index (χ0v) is 28.1. The predicted molar refractivity (Wildman–Crippen MR) is 182 cm³/mol. The SMILES string of the molecule is CC(=O)O.COc1ccc2cc1C(=O)NCCN(C(=O)c1c(C)cc(C3CCNCC3)oc1=O)CCCC(=O)NCCc1ccc(O)c-2c1. The Hall–Kier alpha value is -5.17. The van der Waals surface area contributed by atoms with Gasteiger partial charge in [-0.05, 0) is 92.7 Å². The Kier molecular flexibility index (Phi) is 12.9. The van der Waals surface area contributed by atoms with Crippen LogP contribution in [-0.2, 0) is 16.0 Å². The number of fused-ring (bicyclic) bond motifs is 5. The molecule has 5 rings (SSSR count). The molecule has 2 aliphatic rings. The van der Waals surface area contributed by atoms with Crippen molar-refractivity contribution < 1.29 is 38.5 Å². The molecule has 1 saturated heterocycles. The van der Waals surface area contributed by atoms with Gasteiger partial charge < -0.3 is 40.2 Å². The number of carboxylic acid groups (broad SMARTS) is 1. The van der Waals surface area contributed by atoms with E-state index in [1.165, 1.54) is 12.0 Å². The van der Waals surface area contributed by atoms with E-state index in [4.69, 9.17) is 19.1 Å². The summed E-state index contributed by atoms with van der Waals surface area (Å²) in [5.41, 5.74) is 2.17. The van der Waals surface area contributed by atoms with Crippen molar-refractivity contribution in [2.45, 2.75) is 51.9 Å². The number of phenols is 1. The topological polar surface area (TPSA) is 188 Å². The standard InChI is InChI=1S/C34H40N4O7.C2H4O2/c1-21-18-29(23-10-12-35-13-11-23)45-34(43)31(21)33(42)38-16-3-4-30(40)36-14-9-22-5-7-27(39)25(19-22)24-6-8-28(44-2)26(20-24)32(41)37-15-17-38;1-2(3)4/h5-8,18-20,23,35,39H,3-4,9-17H2,1-2H3,(H,36,40)(H,37,41);1H3,(H,3,4). The summed E-state index contributed by atoms with van der Waals surface area (Å²) in [7, 11) is 1.47. The Labute approximate surface area is 284 Å². The lowest BCUT2D eigenvalue weighted by atomic mass is 9.94. The minimum atomic E-state index is -0.833. The lowest BCUT2D eigenvalue weighted by molar-refractivity contribution is -0.134. The smallest absolute Gasteiger partial charge is 0.349 e. The molecular formula is C36H44N4O9. The summed E-state index contributed by atoms with van der Waals surface area (Å²) in [4.78, 5) is 63.4. The van der Waals surface area contributed by atoms with Gasteiger partial charge in [0.25, 0.3) is 17.8 Å². The van der Waals surface area contributed by atoms with Crippen molar-refractivity contribution in [3.05, 3.63) is 80.9 Å². The van der Waals surface area contributed by atoms with E-state index in [0.717, 1.165) is 38.4 Å². The van der Waals surface area contributed by atoms with Crippen molar-refractivity contribution >= 4 is 23.7 Å². The van der Waals surface area contributed by atoms with Crippen LogP contribution in [0, 0.1) is 6.92 Å². The van der Waals surface area contributed by atoms with Crippen LogP contribution < -0.4 is 26.3 Å². The normalized spacial score (nSPS) is 16.2. The van der Waals surface area contributed by atoms with Crippen molar-refractivity contribution in [2.75, 3.05) is 46.4 Å². The van der Waals surface area contributed by atoms with Crippen molar-refractivity contribution in [3.63, 3.8) is 0 Å². The fourth-order valence-electron chi connectivity index (χ4n) is 5.96. The second-order valence-corrected chi connectivity index (χ2v) is 12.1. The van der Waals surface area contributed by atoms with Crippen molar-refractivity contribution in [1.82, 2.24) is 20.9 Å². The minimum absolute atomic E-state index is 0.0408. The van der Waals surface area contributed by atoms with E-state index in [1.807, 2.05) is 6.07 Å². The number of carbonyl (C=O) groups is 4. The van der Waals surface area contributed by atoms with Crippen LogP contribution in [0.25, 0.3) is 11.1 Å². The molecule has 0 spiro atoms. The van der Waals surface area contributed by atoms with E-state index in [9.17, 15) is 24.3 Å². The third-order valence-electron chi connectivity index (χ3n) is 8.46. The van der Waals surface area contributed by atoms with Gasteiger partial charge in [-0.25, -0.2) is 4.79 Å². The van der Waals surface area contributed by atoms with Crippen LogP contribution in [0.2, 0.25) is 0 Å². The number of rotatable bonds is 3. The first kappa shape index (κ1) is 36.7. The third kappa shape index (κ3) is 9.92. The summed E-state index contributed by atoms with van der Waals surface area (Å²) in [5.74, 6) is -0.775. The van der Waals surface area contributed by atoms with E-state index in [1.54, 1.807) is 43.3 Å². The Morgan fingerprint density at radius 2 is 1.65 bits per heavy atom. The van der Waals surface area contributed by atoms with Crippen molar-refractivity contribution in [1.29, 1.82) is 0 Å². The number of methoxy groups -OCH3 is 1. The molecule has 4 bridgehead atoms. The molecule has 1 fully saturated rings. The van der Waals surface area contributed by atoms with Crippen LogP contribution in [0.4, 0.5) is 0 Å². The molecular weight excluding hydrogens is 632 g/mol. The summed E-state index contributed by atoms with van der Waals surface area (Å²) in [6.07, 6.45) is 2.79. The number of benzene rings is 2. The number of carboxylic acids is 1. The number of nitrogens with zero attached hydrogens (tertiary/aromatic N) is 1. The maximum Gasteiger partial charge on any atom is 0.349 e. The summed E-state index contributed by atoms with van der Waals surface area (Å²) in [5, 5.41) is 27.1. The molecule has 0 radical (unpaired) electrons. The number of piperidine rings is 1. The molecule has 5 N–H and O–H groups in total. The van der Waals surface area contributed by atoms with Gasteiger partial charge in [-0.3, -0.25) is 19.2 Å². The van der Waals surface area contributed by atoms with E-state index < -0.39 is 23.4 Å². The average molecular weight is 677 g/mol. The fourth-order valence-corrected chi connectivity index (χ4v) is 5.96. The Bertz CT molecular complexity index is 1730. The van der Waals surface area contributed by atoms with Gasteiger partial charge in [-0.1, -0.05) is 12.1 Å². The number of aryl methyl sites for hydroxylation is 1. The van der Waals surface area contributed by atoms with Crippen molar-refractivity contribution in [3.8, 4) is 22.6 Å². The molecule has 0 saturated carbocycles. The number of aromatic hydroxyl groups is 1. The van der Waals surface area contributed by atoms with Gasteiger partial charge in [-0.15, -0.1) is 0 Å². The average Bonchev–Trinajstić information content (AvgIpc) is 3.07. The van der Waals surface area contributed by atoms with Crippen LogP contribution in [0.5, 0.6) is 11.5 Å². The quantitative estimate of drug-likeness (QED) is 0.276. The van der Waals surface area contributed by atoms with Crippen LogP contribution in [0.15, 0.2) is 51.7 Å². The summed E-state index contributed by atoms with van der Waals surface area (Å²) >= 11 is 0. The first-order chi connectivity index (χ1) is 23.5. The molecule has 49 heavy (non-hydrogen) atoms. The first-order valence-corrected chi connectivity index (χ1v) is 16.4. The lowest BCUT2D eigenvalue weighted by Crippen LogP contribution is -2.41. The van der Waals surface area contributed by atoms with Crippen LogP contribution in [0.1, 0.15) is 76.1 Å². The van der Waals surface area contributed by atoms with Gasteiger partial charge in [-0.2, -0.15) is 0 Å². The monoisotopic (exact) mass is 676 g/mol. The maximum atomic E-state index is 13.8. The molecule has 1 aromatic heterocycles. The molecule has 3 aromatic rings. The minimum Gasteiger partial charge on any atom is -0.507 e. The van der Waals surface area contributed by atoms with E-state index in [-0.39, 0.29) is 54.8 Å². The summed E-state index contributed by atoms with van der Waals surface area (Å²) in [6, 6.07) is 12.1. The molecule has 0 aliphatic carbocycles. The third-order valence-corrected chi connectivity index (χ3v) is 8.46. The molecule has 0 atom stereocenters. The van der Waals surface area contributed by atoms with Crippen LogP contribution in [-0.4, -0.2) is 85.2 Å². The zero-order chi connectivity index (χ0) is 35.5. The molecule has 3 heterocycles. The van der Waals surface area contributed by atoms with Gasteiger partial charge >= 0.3 is 5.63 Å². The highest BCUT2D eigenvalue weighted by atomic mass is 16.5. The number of aliphatic carboxylic acids is 1. The zero-order valence-electron chi connectivity index (χ0n) is 28.1. The van der Waals surface area contributed by atoms with Gasteiger partial charge in [0.1, 0.15) is 22.8 Å². The largest absolute Gasteiger partial charge is 0.507 e. The second kappa shape index (κ2) is 17.3. The van der Waals surface area contributed by atoms with Crippen LogP contribution in [0.3, 0.4) is 0 Å². The number of ether oxygens (including phenoxy) is 1. The number of carbonyl (C=O) groups excluding carboxylic acids is 3. The number of hydrogen-bond donors (Lipinski definition) is 5. The highest BCUT2D eigenvalue weighted by Crippen LogP contribution is 2.33. The highest BCUT2D eigenvalue weighted by Gasteiger charge is 2.26. The Morgan fingerprint density at radius 3 is 2.35 bits per heavy atom. The molecule has 3 amide bonds. The van der Waals surface area contributed by atoms with Gasteiger partial charge in [0.15, 0.2) is 0 Å². The predicted octanol–water partition coefficient (Wildman–Crippen LogP) is 3.21. The van der Waals surface area contributed by atoms with E-state index in [0.29, 0.717) is 47.6 Å². The molecule has 262 valence electrons. The van der Waals surface area contributed by atoms with E-state index in [2.05, 4.69) is 16.0 Å². The highest BCUT2D eigenvalue weighted by molar-refractivity contribution is 5.99. The molecule has 13 nitrogen and oxygen atoms in total. The Morgan fingerprint density at radius 1 is 0.918 bits per heavy atom. The molecule has 13 heteroatoms. The molecule has 0 unspecified atom stereocenters. The molecule has 2 aliphatic heterocycles. The van der Waals surface area contributed by atoms with Gasteiger partial charge in [0.2, 0.25) is 5.91 Å². The first-order valence-electron chi connectivity index (χ1n) is 16.4. The van der Waals surface area contributed by atoms with Gasteiger partial charge in [0.05, 0.1) is 12.7 Å². The second-order valence-electron chi connectivity index (χ2n) is 12.1. The number of nitrogens with one attached hydrogen (secondary N) is 3. The maximum absolute atomic E-state index is 13.8. The van der Waals surface area contributed by atoms with Crippen LogP contribution >= 0.6 is 0 Å². The van der Waals surface area contributed by atoms with Crippen molar-refractivity contribution in [2.24, 2.45) is 0 Å². The lowest BCUT2D eigenvalue weighted by Gasteiger charge is -2.25. The number of hydrogen-bond acceptors (Lipinski definition) is 9. The molecule has 2 aromatic carbocycles. The summed E-state index contributed by atoms with van der Waals surface area (Å²) < 4.78 is 11.1. The summed E-state index contributed by atoms with van der Waals surface area (Å²) in [6.45, 7) is 5.29. The van der Waals surface area contributed by atoms with E-state index >= 15 is 0 Å². The fraction of sp³-hybridized carbons (Fsp3) is 0.417. The van der Waals surface area contributed by atoms with Gasteiger partial charge in [0, 0.05) is 51.0 Å².